The second-order valence-electron chi connectivity index (χ2n) is 11.3. The molecule has 3 heterocycles. The highest BCUT2D eigenvalue weighted by atomic mass is 19.4. The lowest BCUT2D eigenvalue weighted by Crippen LogP contribution is -2.35. The molecule has 3 aromatic rings. The SMILES string of the molecule is C[C@@H](C1CC1)N1Cc2cc(C(=O)Nc3ccn4nc(NC(=O)OC(C)(C)C)c(C(=O)O)c4n3)cc(C(F)(F)F)c2C1=O. The molecule has 12 nitrogen and oxygen atoms in total. The fourth-order valence-corrected chi connectivity index (χ4v) is 4.87. The van der Waals surface area contributed by atoms with E-state index in [2.05, 4.69) is 20.7 Å². The van der Waals surface area contributed by atoms with Gasteiger partial charge in [-0.05, 0) is 70.2 Å². The van der Waals surface area contributed by atoms with Crippen LogP contribution < -0.4 is 10.6 Å². The van der Waals surface area contributed by atoms with Crippen LogP contribution in [0.1, 0.15) is 82.7 Å². The molecule has 1 aromatic carbocycles. The molecule has 1 aliphatic carbocycles. The summed E-state index contributed by atoms with van der Waals surface area (Å²) < 4.78 is 48.3. The number of anilines is 2. The molecule has 15 heteroatoms. The van der Waals surface area contributed by atoms with Crippen LogP contribution in [0.2, 0.25) is 0 Å². The van der Waals surface area contributed by atoms with Gasteiger partial charge in [0, 0.05) is 24.3 Å². The fourth-order valence-electron chi connectivity index (χ4n) is 4.87. The summed E-state index contributed by atoms with van der Waals surface area (Å²) in [6, 6.07) is 2.90. The van der Waals surface area contributed by atoms with Gasteiger partial charge in [0.05, 0.1) is 11.1 Å². The molecule has 3 N–H and O–H groups in total. The molecule has 222 valence electrons. The molecule has 0 unspecified atom stereocenters. The Labute approximate surface area is 236 Å². The van der Waals surface area contributed by atoms with E-state index in [1.807, 2.05) is 0 Å². The summed E-state index contributed by atoms with van der Waals surface area (Å²) in [5.41, 5.74) is -3.54. The highest BCUT2D eigenvalue weighted by molar-refractivity contribution is 6.07. The number of hydrogen-bond donors (Lipinski definition) is 3. The lowest BCUT2D eigenvalue weighted by atomic mass is 9.98. The number of carboxylic acids is 1. The Bertz CT molecular complexity index is 1640. The molecule has 2 aromatic heterocycles. The van der Waals surface area contributed by atoms with E-state index < -0.39 is 52.3 Å². The van der Waals surface area contributed by atoms with Crippen molar-refractivity contribution in [2.24, 2.45) is 5.92 Å². The zero-order valence-electron chi connectivity index (χ0n) is 23.0. The van der Waals surface area contributed by atoms with Gasteiger partial charge >= 0.3 is 18.2 Å². The normalized spacial score (nSPS) is 15.9. The predicted molar refractivity (Wildman–Crippen MR) is 141 cm³/mol. The number of carbonyl (C=O) groups is 4. The van der Waals surface area contributed by atoms with E-state index >= 15 is 0 Å². The molecule has 1 saturated carbocycles. The van der Waals surface area contributed by atoms with E-state index in [1.54, 1.807) is 27.7 Å². The van der Waals surface area contributed by atoms with E-state index in [-0.39, 0.29) is 46.9 Å². The molecule has 0 spiro atoms. The summed E-state index contributed by atoms with van der Waals surface area (Å²) in [6.45, 7) is 6.61. The molecule has 0 saturated heterocycles. The van der Waals surface area contributed by atoms with Crippen LogP contribution in [0, 0.1) is 5.92 Å². The van der Waals surface area contributed by atoms with Gasteiger partial charge in [0.2, 0.25) is 0 Å². The van der Waals surface area contributed by atoms with Crippen LogP contribution in [0.5, 0.6) is 0 Å². The Morgan fingerprint density at radius 1 is 1.14 bits per heavy atom. The van der Waals surface area contributed by atoms with E-state index in [4.69, 9.17) is 4.74 Å². The summed E-state index contributed by atoms with van der Waals surface area (Å²) in [5, 5.41) is 18.4. The number of halogens is 3. The first-order chi connectivity index (χ1) is 19.5. The molecule has 1 atom stereocenters. The van der Waals surface area contributed by atoms with Gasteiger partial charge in [-0.2, -0.15) is 13.2 Å². The third-order valence-electron chi connectivity index (χ3n) is 6.96. The van der Waals surface area contributed by atoms with Crippen molar-refractivity contribution in [1.29, 1.82) is 0 Å². The van der Waals surface area contributed by atoms with Crippen molar-refractivity contribution in [3.05, 3.63) is 52.2 Å². The minimum Gasteiger partial charge on any atom is -0.477 e. The van der Waals surface area contributed by atoms with E-state index in [0.29, 0.717) is 6.07 Å². The van der Waals surface area contributed by atoms with E-state index in [1.165, 1.54) is 23.2 Å². The van der Waals surface area contributed by atoms with Crippen molar-refractivity contribution in [3.63, 3.8) is 0 Å². The first-order valence-electron chi connectivity index (χ1n) is 13.0. The lowest BCUT2D eigenvalue weighted by molar-refractivity contribution is -0.138. The van der Waals surface area contributed by atoms with Gasteiger partial charge in [0.25, 0.3) is 11.8 Å². The van der Waals surface area contributed by atoms with E-state index in [0.717, 1.165) is 17.4 Å². The summed E-state index contributed by atoms with van der Waals surface area (Å²) in [7, 11) is 0. The molecule has 3 amide bonds. The van der Waals surface area contributed by atoms with Gasteiger partial charge in [0.15, 0.2) is 11.5 Å². The first-order valence-corrected chi connectivity index (χ1v) is 13.0. The van der Waals surface area contributed by atoms with Gasteiger partial charge in [-0.25, -0.2) is 19.1 Å². The van der Waals surface area contributed by atoms with Crippen LogP contribution in [0.3, 0.4) is 0 Å². The smallest absolute Gasteiger partial charge is 0.417 e. The number of aromatic nitrogens is 3. The molecular formula is C27H27F3N6O6. The minimum atomic E-state index is -4.89. The number of amides is 3. The van der Waals surface area contributed by atoms with Crippen molar-refractivity contribution in [3.8, 4) is 0 Å². The third-order valence-corrected chi connectivity index (χ3v) is 6.96. The Hall–Kier alpha value is -4.69. The van der Waals surface area contributed by atoms with Crippen LogP contribution in [-0.4, -0.2) is 60.1 Å². The number of rotatable bonds is 6. The van der Waals surface area contributed by atoms with Crippen molar-refractivity contribution in [2.75, 3.05) is 10.6 Å². The first kappa shape index (κ1) is 28.8. The monoisotopic (exact) mass is 588 g/mol. The maximum absolute atomic E-state index is 14.0. The lowest BCUT2D eigenvalue weighted by Gasteiger charge is -2.24. The fraction of sp³-hybridized carbons (Fsp3) is 0.407. The Morgan fingerprint density at radius 3 is 2.43 bits per heavy atom. The summed E-state index contributed by atoms with van der Waals surface area (Å²) in [5.74, 6) is -3.47. The van der Waals surface area contributed by atoms with Gasteiger partial charge in [-0.1, -0.05) is 0 Å². The molecule has 0 bridgehead atoms. The van der Waals surface area contributed by atoms with Crippen molar-refractivity contribution in [1.82, 2.24) is 19.5 Å². The molecule has 0 radical (unpaired) electrons. The molecule has 1 aliphatic heterocycles. The summed E-state index contributed by atoms with van der Waals surface area (Å²) in [6.07, 6.45) is -2.79. The maximum Gasteiger partial charge on any atom is 0.417 e. The predicted octanol–water partition coefficient (Wildman–Crippen LogP) is 4.80. The van der Waals surface area contributed by atoms with Crippen LogP contribution in [-0.2, 0) is 17.5 Å². The highest BCUT2D eigenvalue weighted by Crippen LogP contribution is 2.42. The van der Waals surface area contributed by atoms with Gasteiger partial charge in [-0.15, -0.1) is 5.10 Å². The Morgan fingerprint density at radius 2 is 1.83 bits per heavy atom. The number of carbonyl (C=O) groups excluding carboxylic acids is 3. The zero-order chi connectivity index (χ0) is 30.7. The second-order valence-corrected chi connectivity index (χ2v) is 11.3. The molecule has 1 fully saturated rings. The number of nitrogens with zero attached hydrogens (tertiary/aromatic N) is 4. The summed E-state index contributed by atoms with van der Waals surface area (Å²) >= 11 is 0. The number of alkyl halides is 3. The van der Waals surface area contributed by atoms with Crippen LogP contribution >= 0.6 is 0 Å². The van der Waals surface area contributed by atoms with Gasteiger partial charge in [0.1, 0.15) is 17.0 Å². The van der Waals surface area contributed by atoms with Crippen LogP contribution in [0.25, 0.3) is 5.65 Å². The van der Waals surface area contributed by atoms with Gasteiger partial charge in [-0.3, -0.25) is 14.9 Å². The summed E-state index contributed by atoms with van der Waals surface area (Å²) in [4.78, 5) is 55.8. The highest BCUT2D eigenvalue weighted by Gasteiger charge is 2.45. The van der Waals surface area contributed by atoms with Crippen molar-refractivity contribution < 1.29 is 42.2 Å². The molecule has 42 heavy (non-hydrogen) atoms. The quantitative estimate of drug-likeness (QED) is 0.371. The molecule has 5 rings (SSSR count). The number of carboxylic acid groups (broad SMARTS) is 1. The maximum atomic E-state index is 14.0. The number of aromatic carboxylic acids is 1. The number of ether oxygens (including phenoxy) is 1. The van der Waals surface area contributed by atoms with E-state index in [9.17, 15) is 37.5 Å². The number of fused-ring (bicyclic) bond motifs is 2. The number of hydrogen-bond acceptors (Lipinski definition) is 7. The zero-order valence-corrected chi connectivity index (χ0v) is 23.0. The minimum absolute atomic E-state index is 0.0501. The average molecular weight is 589 g/mol. The van der Waals surface area contributed by atoms with Crippen LogP contribution in [0.15, 0.2) is 24.4 Å². The standard InChI is InChI=1S/C27H27F3N6O6/c1-12(13-5-6-13)35-11-15-9-14(10-16(27(28,29)30)18(15)23(35)38)22(37)32-17-7-8-36-21(31-17)19(24(39)40)20(34-36)33-25(41)42-26(2,3)4/h7-10,12-13H,5-6,11H2,1-4H3,(H,39,40)(H,31,32,37)(H,33,34,41)/t12-/m0/s1. The average Bonchev–Trinajstić information content (AvgIpc) is 3.58. The number of benzene rings is 1. The largest absolute Gasteiger partial charge is 0.477 e. The Kier molecular flexibility index (Phi) is 6.86. The van der Waals surface area contributed by atoms with Gasteiger partial charge < -0.3 is 20.1 Å². The second kappa shape index (κ2) is 9.99. The topological polar surface area (TPSA) is 155 Å². The number of nitrogens with one attached hydrogen (secondary N) is 2. The molecule has 2 aliphatic rings. The Balaban J connectivity index is 1.44. The van der Waals surface area contributed by atoms with Crippen molar-refractivity contribution >= 4 is 41.2 Å². The molecular weight excluding hydrogens is 561 g/mol. The van der Waals surface area contributed by atoms with Crippen LogP contribution in [0.4, 0.5) is 29.6 Å². The van der Waals surface area contributed by atoms with Crippen molar-refractivity contribution in [2.45, 2.75) is 64.9 Å². The third kappa shape index (κ3) is 5.58.